The standard InChI is InChI=1S/C18H19NO4/c1-21-15-9-7-14(8-10-15)19-11-17-16(20)12-22-18(23-17)13-5-3-2-4-6-13/h2-11,16-18,20H,12H2,1H3/t16-,17+,18-/m1/s1. The van der Waals surface area contributed by atoms with E-state index in [2.05, 4.69) is 4.99 Å². The molecule has 0 radical (unpaired) electrons. The molecule has 1 aliphatic rings. The molecule has 0 aromatic heterocycles. The number of hydrogen-bond acceptors (Lipinski definition) is 5. The summed E-state index contributed by atoms with van der Waals surface area (Å²) in [6, 6.07) is 17.0. The Morgan fingerprint density at radius 2 is 1.87 bits per heavy atom. The molecule has 1 aliphatic heterocycles. The minimum atomic E-state index is -0.739. The molecule has 1 fully saturated rings. The molecule has 0 spiro atoms. The normalized spacial score (nSPS) is 24.7. The van der Waals surface area contributed by atoms with Gasteiger partial charge in [0, 0.05) is 11.8 Å². The lowest BCUT2D eigenvalue weighted by atomic mass is 10.1. The van der Waals surface area contributed by atoms with Crippen molar-refractivity contribution in [3.05, 3.63) is 60.2 Å². The number of methoxy groups -OCH3 is 1. The van der Waals surface area contributed by atoms with E-state index >= 15 is 0 Å². The van der Waals surface area contributed by atoms with Crippen LogP contribution in [0.4, 0.5) is 5.69 Å². The third-order valence-electron chi connectivity index (χ3n) is 3.59. The third-order valence-corrected chi connectivity index (χ3v) is 3.59. The first-order valence-corrected chi connectivity index (χ1v) is 7.44. The summed E-state index contributed by atoms with van der Waals surface area (Å²) in [7, 11) is 1.62. The number of ether oxygens (including phenoxy) is 3. The highest BCUT2D eigenvalue weighted by Crippen LogP contribution is 2.26. The van der Waals surface area contributed by atoms with Gasteiger partial charge >= 0.3 is 0 Å². The van der Waals surface area contributed by atoms with Gasteiger partial charge in [-0.2, -0.15) is 0 Å². The molecule has 3 atom stereocenters. The van der Waals surface area contributed by atoms with Crippen molar-refractivity contribution in [2.75, 3.05) is 13.7 Å². The highest BCUT2D eigenvalue weighted by molar-refractivity contribution is 5.68. The molecular formula is C18H19NO4. The van der Waals surface area contributed by atoms with Crippen molar-refractivity contribution in [1.29, 1.82) is 0 Å². The summed E-state index contributed by atoms with van der Waals surface area (Å²) in [4.78, 5) is 4.36. The molecule has 0 amide bonds. The molecule has 1 N–H and O–H groups in total. The third kappa shape index (κ3) is 3.96. The van der Waals surface area contributed by atoms with Crippen molar-refractivity contribution in [1.82, 2.24) is 0 Å². The summed E-state index contributed by atoms with van der Waals surface area (Å²) in [5.41, 5.74) is 1.69. The summed E-state index contributed by atoms with van der Waals surface area (Å²) in [6.07, 6.45) is -0.134. The molecular weight excluding hydrogens is 294 g/mol. The van der Waals surface area contributed by atoms with E-state index in [0.717, 1.165) is 17.0 Å². The van der Waals surface area contributed by atoms with Gasteiger partial charge < -0.3 is 19.3 Å². The second-order valence-electron chi connectivity index (χ2n) is 5.22. The maximum Gasteiger partial charge on any atom is 0.184 e. The summed E-state index contributed by atoms with van der Waals surface area (Å²) in [5.74, 6) is 0.774. The number of rotatable bonds is 4. The van der Waals surface area contributed by atoms with Gasteiger partial charge in [0.1, 0.15) is 18.0 Å². The van der Waals surface area contributed by atoms with Crippen LogP contribution in [-0.4, -0.2) is 37.2 Å². The summed E-state index contributed by atoms with van der Waals surface area (Å²) in [6.45, 7) is 0.207. The molecule has 0 aliphatic carbocycles. The van der Waals surface area contributed by atoms with Gasteiger partial charge in [0.15, 0.2) is 6.29 Å². The monoisotopic (exact) mass is 313 g/mol. The number of aliphatic hydroxyl groups is 1. The Kier molecular flexibility index (Phi) is 5.02. The summed E-state index contributed by atoms with van der Waals surface area (Å²) in [5, 5.41) is 10.0. The van der Waals surface area contributed by atoms with Crippen LogP contribution in [0.25, 0.3) is 0 Å². The first kappa shape index (κ1) is 15.7. The van der Waals surface area contributed by atoms with E-state index in [-0.39, 0.29) is 6.61 Å². The molecule has 0 unspecified atom stereocenters. The predicted molar refractivity (Wildman–Crippen MR) is 87.2 cm³/mol. The van der Waals surface area contributed by atoms with Gasteiger partial charge in [0.2, 0.25) is 0 Å². The van der Waals surface area contributed by atoms with Crippen LogP contribution in [0.15, 0.2) is 59.6 Å². The topological polar surface area (TPSA) is 60.3 Å². The van der Waals surface area contributed by atoms with Gasteiger partial charge in [-0.3, -0.25) is 4.99 Å². The van der Waals surface area contributed by atoms with Crippen LogP contribution in [0, 0.1) is 0 Å². The van der Waals surface area contributed by atoms with E-state index in [1.54, 1.807) is 13.3 Å². The van der Waals surface area contributed by atoms with E-state index < -0.39 is 18.5 Å². The van der Waals surface area contributed by atoms with Gasteiger partial charge in [-0.05, 0) is 24.3 Å². The molecule has 1 heterocycles. The number of aliphatic imine (C=N–C) groups is 1. The lowest BCUT2D eigenvalue weighted by Gasteiger charge is -2.32. The van der Waals surface area contributed by atoms with E-state index in [4.69, 9.17) is 14.2 Å². The van der Waals surface area contributed by atoms with Crippen LogP contribution < -0.4 is 4.74 Å². The average molecular weight is 313 g/mol. The van der Waals surface area contributed by atoms with Crippen molar-refractivity contribution in [3.8, 4) is 5.75 Å². The first-order chi connectivity index (χ1) is 11.3. The van der Waals surface area contributed by atoms with Crippen molar-refractivity contribution < 1.29 is 19.3 Å². The van der Waals surface area contributed by atoms with Crippen LogP contribution in [0.5, 0.6) is 5.75 Å². The zero-order chi connectivity index (χ0) is 16.1. The highest BCUT2D eigenvalue weighted by Gasteiger charge is 2.30. The fourth-order valence-electron chi connectivity index (χ4n) is 2.30. The Labute approximate surface area is 135 Å². The number of hydrogen-bond donors (Lipinski definition) is 1. The molecule has 23 heavy (non-hydrogen) atoms. The predicted octanol–water partition coefficient (Wildman–Crippen LogP) is 2.87. The summed E-state index contributed by atoms with van der Waals surface area (Å²) >= 11 is 0. The number of benzene rings is 2. The fraction of sp³-hybridized carbons (Fsp3) is 0.278. The summed E-state index contributed by atoms with van der Waals surface area (Å²) < 4.78 is 16.5. The van der Waals surface area contributed by atoms with Crippen LogP contribution >= 0.6 is 0 Å². The average Bonchev–Trinajstić information content (AvgIpc) is 2.62. The zero-order valence-corrected chi connectivity index (χ0v) is 12.8. The molecule has 5 nitrogen and oxygen atoms in total. The molecule has 0 bridgehead atoms. The Bertz CT molecular complexity index is 642. The van der Waals surface area contributed by atoms with Gasteiger partial charge in [-0.1, -0.05) is 30.3 Å². The zero-order valence-electron chi connectivity index (χ0n) is 12.8. The van der Waals surface area contributed by atoms with Gasteiger partial charge in [-0.15, -0.1) is 0 Å². The second-order valence-corrected chi connectivity index (χ2v) is 5.22. The second kappa shape index (κ2) is 7.37. The van der Waals surface area contributed by atoms with E-state index in [0.29, 0.717) is 0 Å². The Morgan fingerprint density at radius 3 is 2.57 bits per heavy atom. The highest BCUT2D eigenvalue weighted by atomic mass is 16.7. The molecule has 3 rings (SSSR count). The molecule has 2 aromatic rings. The Morgan fingerprint density at radius 1 is 1.13 bits per heavy atom. The van der Waals surface area contributed by atoms with E-state index in [1.807, 2.05) is 54.6 Å². The Hall–Kier alpha value is -2.21. The first-order valence-electron chi connectivity index (χ1n) is 7.44. The maximum absolute atomic E-state index is 10.0. The maximum atomic E-state index is 10.0. The smallest absolute Gasteiger partial charge is 0.184 e. The van der Waals surface area contributed by atoms with Gasteiger partial charge in [-0.25, -0.2) is 0 Å². The SMILES string of the molecule is COc1ccc(N=C[C@@H]2O[C@H](c3ccccc3)OC[C@H]2O)cc1. The minimum Gasteiger partial charge on any atom is -0.497 e. The van der Waals surface area contributed by atoms with Crippen molar-refractivity contribution in [2.45, 2.75) is 18.5 Å². The molecule has 2 aromatic carbocycles. The minimum absolute atomic E-state index is 0.207. The largest absolute Gasteiger partial charge is 0.497 e. The number of nitrogens with zero attached hydrogens (tertiary/aromatic N) is 1. The quantitative estimate of drug-likeness (QED) is 0.882. The van der Waals surface area contributed by atoms with Crippen LogP contribution in [-0.2, 0) is 9.47 Å². The van der Waals surface area contributed by atoms with Crippen molar-refractivity contribution >= 4 is 11.9 Å². The lowest BCUT2D eigenvalue weighted by Crippen LogP contribution is -2.41. The van der Waals surface area contributed by atoms with Gasteiger partial charge in [0.05, 0.1) is 19.4 Å². The van der Waals surface area contributed by atoms with Crippen LogP contribution in [0.3, 0.4) is 0 Å². The van der Waals surface area contributed by atoms with Crippen LogP contribution in [0.1, 0.15) is 11.9 Å². The van der Waals surface area contributed by atoms with Crippen molar-refractivity contribution in [3.63, 3.8) is 0 Å². The molecule has 0 saturated carbocycles. The van der Waals surface area contributed by atoms with E-state index in [1.165, 1.54) is 0 Å². The van der Waals surface area contributed by atoms with E-state index in [9.17, 15) is 5.11 Å². The van der Waals surface area contributed by atoms with Crippen molar-refractivity contribution in [2.24, 2.45) is 4.99 Å². The molecule has 5 heteroatoms. The van der Waals surface area contributed by atoms with Crippen LogP contribution in [0.2, 0.25) is 0 Å². The van der Waals surface area contributed by atoms with Gasteiger partial charge in [0.25, 0.3) is 0 Å². The lowest BCUT2D eigenvalue weighted by molar-refractivity contribution is -0.237. The molecule has 1 saturated heterocycles. The Balaban J connectivity index is 1.68. The molecule has 120 valence electrons. The number of aliphatic hydroxyl groups excluding tert-OH is 1. The fourth-order valence-corrected chi connectivity index (χ4v) is 2.30.